The van der Waals surface area contributed by atoms with Crippen molar-refractivity contribution in [3.63, 3.8) is 0 Å². The van der Waals surface area contributed by atoms with E-state index in [4.69, 9.17) is 9.68 Å². The molecule has 0 aliphatic rings. The Hall–Kier alpha value is -1.79. The van der Waals surface area contributed by atoms with Crippen molar-refractivity contribution in [2.24, 2.45) is 5.41 Å². The minimum atomic E-state index is -0.344. The molecule has 2 rings (SSSR count). The van der Waals surface area contributed by atoms with E-state index in [-0.39, 0.29) is 5.41 Å². The van der Waals surface area contributed by atoms with E-state index < -0.39 is 0 Å². The Bertz CT molecular complexity index is 634. The lowest BCUT2D eigenvalue weighted by Gasteiger charge is -2.15. The molecule has 21 heavy (non-hydrogen) atoms. The summed E-state index contributed by atoms with van der Waals surface area (Å²) in [6.07, 6.45) is 3.27. The van der Waals surface area contributed by atoms with Gasteiger partial charge in [0.05, 0.1) is 11.5 Å². The number of benzene rings is 1. The Morgan fingerprint density at radius 3 is 2.76 bits per heavy atom. The number of nitriles is 1. The van der Waals surface area contributed by atoms with Crippen LogP contribution in [0.15, 0.2) is 28.7 Å². The minimum Gasteiger partial charge on any atom is -0.461 e. The molecule has 0 saturated carbocycles. The highest BCUT2D eigenvalue weighted by Gasteiger charge is 2.18. The molecule has 0 aliphatic carbocycles. The van der Waals surface area contributed by atoms with Crippen molar-refractivity contribution < 1.29 is 4.42 Å². The summed E-state index contributed by atoms with van der Waals surface area (Å²) in [5.41, 5.74) is 1.86. The van der Waals surface area contributed by atoms with E-state index >= 15 is 0 Å². The summed E-state index contributed by atoms with van der Waals surface area (Å²) >= 11 is 0. The Kier molecular flexibility index (Phi) is 5.03. The molecular weight excluding hydrogens is 260 g/mol. The summed E-state index contributed by atoms with van der Waals surface area (Å²) in [4.78, 5) is 0. The van der Waals surface area contributed by atoms with Crippen LogP contribution in [0.2, 0.25) is 0 Å². The van der Waals surface area contributed by atoms with Gasteiger partial charge in [-0.25, -0.2) is 0 Å². The lowest BCUT2D eigenvalue weighted by atomic mass is 9.96. The number of hydrogen-bond acceptors (Lipinski definition) is 3. The summed E-state index contributed by atoms with van der Waals surface area (Å²) in [6, 6.07) is 10.5. The van der Waals surface area contributed by atoms with Gasteiger partial charge in [-0.1, -0.05) is 31.5 Å². The number of rotatable bonds is 7. The molecule has 1 heterocycles. The zero-order chi connectivity index (χ0) is 15.3. The number of furan rings is 1. The molecule has 0 aliphatic heterocycles. The van der Waals surface area contributed by atoms with E-state index in [1.54, 1.807) is 0 Å². The minimum absolute atomic E-state index is 0.344. The van der Waals surface area contributed by atoms with E-state index in [1.807, 2.05) is 32.0 Å². The van der Waals surface area contributed by atoms with E-state index in [1.165, 1.54) is 10.9 Å². The molecule has 0 unspecified atom stereocenters. The standard InChI is InChI=1S/C18H24N2O/c1-4-5-9-17-15(11-20-13-18(2,3)12-19)14-8-6-7-10-16(14)21-17/h6-8,10,20H,4-5,9,11,13H2,1-3H3. The molecular formula is C18H24N2O. The van der Waals surface area contributed by atoms with E-state index in [9.17, 15) is 0 Å². The van der Waals surface area contributed by atoms with Gasteiger partial charge in [-0.3, -0.25) is 0 Å². The fourth-order valence-corrected chi connectivity index (χ4v) is 2.42. The first-order valence-electron chi connectivity index (χ1n) is 7.68. The van der Waals surface area contributed by atoms with Crippen LogP contribution in [0.4, 0.5) is 0 Å². The molecule has 0 radical (unpaired) electrons. The van der Waals surface area contributed by atoms with Gasteiger partial charge in [-0.15, -0.1) is 0 Å². The van der Waals surface area contributed by atoms with E-state index in [0.717, 1.165) is 37.2 Å². The zero-order valence-electron chi connectivity index (χ0n) is 13.2. The Labute approximate surface area is 126 Å². The van der Waals surface area contributed by atoms with Crippen LogP contribution in [-0.4, -0.2) is 6.54 Å². The topological polar surface area (TPSA) is 49.0 Å². The average Bonchev–Trinajstić information content (AvgIpc) is 2.83. The predicted molar refractivity (Wildman–Crippen MR) is 85.9 cm³/mol. The summed E-state index contributed by atoms with van der Waals surface area (Å²) < 4.78 is 6.01. The quantitative estimate of drug-likeness (QED) is 0.819. The number of nitrogens with zero attached hydrogens (tertiary/aromatic N) is 1. The van der Waals surface area contributed by atoms with Crippen LogP contribution in [0.5, 0.6) is 0 Å². The van der Waals surface area contributed by atoms with Gasteiger partial charge in [0.1, 0.15) is 11.3 Å². The molecule has 3 heteroatoms. The SMILES string of the molecule is CCCCc1oc2ccccc2c1CNCC(C)(C)C#N. The third kappa shape index (κ3) is 3.86. The first-order valence-corrected chi connectivity index (χ1v) is 7.68. The lowest BCUT2D eigenvalue weighted by molar-refractivity contribution is 0.441. The van der Waals surface area contributed by atoms with Crippen LogP contribution in [0.1, 0.15) is 44.9 Å². The van der Waals surface area contributed by atoms with Crippen LogP contribution in [0, 0.1) is 16.7 Å². The van der Waals surface area contributed by atoms with Crippen molar-refractivity contribution in [1.82, 2.24) is 5.32 Å². The second-order valence-electron chi connectivity index (χ2n) is 6.20. The first-order chi connectivity index (χ1) is 10.1. The molecule has 1 aromatic heterocycles. The van der Waals surface area contributed by atoms with Gasteiger partial charge >= 0.3 is 0 Å². The number of para-hydroxylation sites is 1. The van der Waals surface area contributed by atoms with Crippen molar-refractivity contribution in [2.75, 3.05) is 6.54 Å². The van der Waals surface area contributed by atoms with Gasteiger partial charge in [0, 0.05) is 30.5 Å². The predicted octanol–water partition coefficient (Wildman–Crippen LogP) is 4.41. The Morgan fingerprint density at radius 1 is 1.29 bits per heavy atom. The third-order valence-corrected chi connectivity index (χ3v) is 3.71. The molecule has 0 spiro atoms. The maximum atomic E-state index is 9.09. The van der Waals surface area contributed by atoms with Crippen LogP contribution in [0.25, 0.3) is 11.0 Å². The van der Waals surface area contributed by atoms with Gasteiger partial charge in [-0.05, 0) is 26.3 Å². The molecule has 112 valence electrons. The highest BCUT2D eigenvalue weighted by Crippen LogP contribution is 2.27. The largest absolute Gasteiger partial charge is 0.461 e. The number of unbranched alkanes of at least 4 members (excludes halogenated alkanes) is 1. The van der Waals surface area contributed by atoms with Crippen molar-refractivity contribution in [3.05, 3.63) is 35.6 Å². The molecule has 0 atom stereocenters. The molecule has 1 aromatic carbocycles. The number of hydrogen-bond donors (Lipinski definition) is 1. The summed E-state index contributed by atoms with van der Waals surface area (Å²) in [5.74, 6) is 1.08. The van der Waals surface area contributed by atoms with Crippen molar-refractivity contribution in [2.45, 2.75) is 46.6 Å². The molecule has 2 aromatic rings. The fraction of sp³-hybridized carbons (Fsp3) is 0.500. The molecule has 0 saturated heterocycles. The molecule has 3 nitrogen and oxygen atoms in total. The first kappa shape index (κ1) is 15.6. The van der Waals surface area contributed by atoms with Crippen LogP contribution in [-0.2, 0) is 13.0 Å². The van der Waals surface area contributed by atoms with Crippen LogP contribution < -0.4 is 5.32 Å². The van der Waals surface area contributed by atoms with Gasteiger partial charge in [0.2, 0.25) is 0 Å². The lowest BCUT2D eigenvalue weighted by Crippen LogP contribution is -2.27. The average molecular weight is 284 g/mol. The second-order valence-corrected chi connectivity index (χ2v) is 6.20. The van der Waals surface area contributed by atoms with Crippen LogP contribution >= 0.6 is 0 Å². The van der Waals surface area contributed by atoms with Crippen molar-refractivity contribution >= 4 is 11.0 Å². The third-order valence-electron chi connectivity index (χ3n) is 3.71. The maximum Gasteiger partial charge on any atom is 0.134 e. The molecule has 0 fully saturated rings. The van der Waals surface area contributed by atoms with Crippen molar-refractivity contribution in [1.29, 1.82) is 5.26 Å². The highest BCUT2D eigenvalue weighted by atomic mass is 16.3. The smallest absolute Gasteiger partial charge is 0.134 e. The van der Waals surface area contributed by atoms with E-state index in [2.05, 4.69) is 24.4 Å². The summed E-state index contributed by atoms with van der Waals surface area (Å²) in [7, 11) is 0. The molecule has 0 amide bonds. The summed E-state index contributed by atoms with van der Waals surface area (Å²) in [5, 5.41) is 13.7. The number of aryl methyl sites for hydroxylation is 1. The van der Waals surface area contributed by atoms with Gasteiger partial charge in [-0.2, -0.15) is 5.26 Å². The second kappa shape index (κ2) is 6.78. The monoisotopic (exact) mass is 284 g/mol. The fourth-order valence-electron chi connectivity index (χ4n) is 2.42. The Balaban J connectivity index is 2.18. The van der Waals surface area contributed by atoms with Crippen molar-refractivity contribution in [3.8, 4) is 6.07 Å². The number of fused-ring (bicyclic) bond motifs is 1. The Morgan fingerprint density at radius 2 is 2.05 bits per heavy atom. The molecule has 0 bridgehead atoms. The highest BCUT2D eigenvalue weighted by molar-refractivity contribution is 5.82. The molecule has 1 N–H and O–H groups in total. The van der Waals surface area contributed by atoms with Gasteiger partial charge in [0.15, 0.2) is 0 Å². The van der Waals surface area contributed by atoms with Crippen LogP contribution in [0.3, 0.4) is 0 Å². The summed E-state index contributed by atoms with van der Waals surface area (Å²) in [6.45, 7) is 7.52. The van der Waals surface area contributed by atoms with Gasteiger partial charge < -0.3 is 9.73 Å². The maximum absolute atomic E-state index is 9.09. The number of nitrogens with one attached hydrogen (secondary N) is 1. The zero-order valence-corrected chi connectivity index (χ0v) is 13.2. The van der Waals surface area contributed by atoms with Gasteiger partial charge in [0.25, 0.3) is 0 Å². The van der Waals surface area contributed by atoms with E-state index in [0.29, 0.717) is 6.54 Å². The normalized spacial score (nSPS) is 11.7.